The lowest BCUT2D eigenvalue weighted by atomic mass is 10.3. The molecule has 15 heavy (non-hydrogen) atoms. The van der Waals surface area contributed by atoms with Crippen molar-refractivity contribution in [1.29, 1.82) is 0 Å². The molecule has 1 aromatic carbocycles. The van der Waals surface area contributed by atoms with Gasteiger partial charge in [0.15, 0.2) is 0 Å². The first kappa shape index (κ1) is 11.8. The van der Waals surface area contributed by atoms with E-state index < -0.39 is 10.1 Å². The minimum absolute atomic E-state index is 0.0390. The molecule has 0 saturated carbocycles. The fraction of sp³-hybridized carbons (Fsp3) is 0.250. The van der Waals surface area contributed by atoms with Crippen LogP contribution in [0.1, 0.15) is 0 Å². The summed E-state index contributed by atoms with van der Waals surface area (Å²) in [5.74, 6) is 0.0390. The molecule has 5 N–H and O–H groups in total. The van der Waals surface area contributed by atoms with Gasteiger partial charge >= 0.3 is 0 Å². The van der Waals surface area contributed by atoms with E-state index in [0.29, 0.717) is 0 Å². The Morgan fingerprint density at radius 1 is 1.40 bits per heavy atom. The summed E-state index contributed by atoms with van der Waals surface area (Å²) in [4.78, 5) is -0.351. The molecule has 0 saturated heterocycles. The Morgan fingerprint density at radius 3 is 2.60 bits per heavy atom. The monoisotopic (exact) mass is 232 g/mol. The van der Waals surface area contributed by atoms with Crippen LogP contribution in [0.3, 0.4) is 0 Å². The van der Waals surface area contributed by atoms with Crippen LogP contribution in [0.15, 0.2) is 23.1 Å². The number of nitrogen functional groups attached to an aromatic ring is 1. The van der Waals surface area contributed by atoms with E-state index in [1.54, 1.807) is 0 Å². The van der Waals surface area contributed by atoms with E-state index in [1.807, 2.05) is 0 Å². The maximum Gasteiger partial charge on any atom is 0.298 e. The van der Waals surface area contributed by atoms with Gasteiger partial charge in [-0.15, -0.1) is 0 Å². The Bertz CT molecular complexity index is 444. The molecule has 0 aliphatic heterocycles. The molecule has 1 rings (SSSR count). The summed E-state index contributed by atoms with van der Waals surface area (Å²) in [6.07, 6.45) is 0. The molecule has 0 radical (unpaired) electrons. The van der Waals surface area contributed by atoms with E-state index in [1.165, 1.54) is 12.1 Å². The highest BCUT2D eigenvalue weighted by molar-refractivity contribution is 7.86. The van der Waals surface area contributed by atoms with Crippen molar-refractivity contribution in [3.05, 3.63) is 18.2 Å². The summed E-state index contributed by atoms with van der Waals surface area (Å²) in [5.41, 5.74) is 10.8. The molecule has 0 spiro atoms. The third-order valence-electron chi connectivity index (χ3n) is 1.62. The number of hydrogen-bond donors (Lipinski definition) is 3. The molecule has 0 aromatic heterocycles. The van der Waals surface area contributed by atoms with Crippen molar-refractivity contribution in [2.24, 2.45) is 5.73 Å². The van der Waals surface area contributed by atoms with Gasteiger partial charge in [-0.25, -0.2) is 0 Å². The van der Waals surface area contributed by atoms with Crippen LogP contribution in [0, 0.1) is 0 Å². The maximum absolute atomic E-state index is 11.0. The first-order valence-corrected chi connectivity index (χ1v) is 5.59. The minimum atomic E-state index is -4.33. The number of rotatable bonds is 4. The van der Waals surface area contributed by atoms with Crippen molar-refractivity contribution in [2.75, 3.05) is 18.9 Å². The predicted molar refractivity (Wildman–Crippen MR) is 55.2 cm³/mol. The van der Waals surface area contributed by atoms with Crippen LogP contribution in [0.5, 0.6) is 5.75 Å². The van der Waals surface area contributed by atoms with Crippen LogP contribution in [0.25, 0.3) is 0 Å². The molecule has 0 amide bonds. The molecule has 0 bridgehead atoms. The molecule has 0 aliphatic carbocycles. The molecule has 6 nitrogen and oxygen atoms in total. The fourth-order valence-electron chi connectivity index (χ4n) is 1.01. The van der Waals surface area contributed by atoms with Crippen LogP contribution >= 0.6 is 0 Å². The summed E-state index contributed by atoms with van der Waals surface area (Å²) in [6.45, 7) is 0.404. The van der Waals surface area contributed by atoms with Crippen LogP contribution in [0.4, 0.5) is 5.69 Å². The molecule has 0 fully saturated rings. The van der Waals surface area contributed by atoms with E-state index in [4.69, 9.17) is 20.8 Å². The zero-order valence-electron chi connectivity index (χ0n) is 7.88. The number of hydrogen-bond acceptors (Lipinski definition) is 5. The lowest BCUT2D eigenvalue weighted by molar-refractivity contribution is 0.318. The third kappa shape index (κ3) is 3.08. The van der Waals surface area contributed by atoms with Crippen LogP contribution in [-0.2, 0) is 10.1 Å². The predicted octanol–water partition coefficient (Wildman–Crippen LogP) is -0.147. The van der Waals surface area contributed by atoms with Crippen molar-refractivity contribution in [3.63, 3.8) is 0 Å². The largest absolute Gasteiger partial charge is 0.491 e. The van der Waals surface area contributed by atoms with Gasteiger partial charge in [-0.3, -0.25) is 4.55 Å². The lowest BCUT2D eigenvalue weighted by Gasteiger charge is -2.09. The maximum atomic E-state index is 11.0. The number of anilines is 1. The smallest absolute Gasteiger partial charge is 0.298 e. The Hall–Kier alpha value is -1.31. The minimum Gasteiger partial charge on any atom is -0.491 e. The quantitative estimate of drug-likeness (QED) is 0.491. The zero-order valence-corrected chi connectivity index (χ0v) is 8.70. The van der Waals surface area contributed by atoms with Crippen molar-refractivity contribution >= 4 is 15.8 Å². The molecule has 7 heteroatoms. The van der Waals surface area contributed by atoms with E-state index in [9.17, 15) is 8.42 Å². The second-order valence-electron chi connectivity index (χ2n) is 2.82. The van der Waals surface area contributed by atoms with E-state index >= 15 is 0 Å². The van der Waals surface area contributed by atoms with Crippen molar-refractivity contribution in [1.82, 2.24) is 0 Å². The van der Waals surface area contributed by atoms with Crippen molar-refractivity contribution < 1.29 is 17.7 Å². The Morgan fingerprint density at radius 2 is 2.07 bits per heavy atom. The van der Waals surface area contributed by atoms with Gasteiger partial charge in [0, 0.05) is 12.2 Å². The molecule has 1 aromatic rings. The van der Waals surface area contributed by atoms with Crippen LogP contribution in [-0.4, -0.2) is 26.1 Å². The van der Waals surface area contributed by atoms with Gasteiger partial charge in [-0.05, 0) is 18.2 Å². The number of ether oxygens (including phenoxy) is 1. The summed E-state index contributed by atoms with van der Waals surface area (Å²) in [6, 6.07) is 3.97. The lowest BCUT2D eigenvalue weighted by Crippen LogP contribution is -2.12. The van der Waals surface area contributed by atoms with Crippen molar-refractivity contribution in [3.8, 4) is 5.75 Å². The highest BCUT2D eigenvalue weighted by Gasteiger charge is 2.16. The standard InChI is InChI=1S/C8H12N2O4S/c9-3-4-14-7-2-1-6(10)5-8(7)15(11,12)13/h1-2,5H,3-4,9-10H2,(H,11,12,13). The van der Waals surface area contributed by atoms with Gasteiger partial charge in [-0.2, -0.15) is 8.42 Å². The van der Waals surface area contributed by atoms with Crippen LogP contribution < -0.4 is 16.2 Å². The van der Waals surface area contributed by atoms with E-state index in [0.717, 1.165) is 6.07 Å². The first-order chi connectivity index (χ1) is 6.95. The Kier molecular flexibility index (Phi) is 3.51. The molecular formula is C8H12N2O4S. The normalized spacial score (nSPS) is 11.3. The van der Waals surface area contributed by atoms with Gasteiger partial charge in [0.1, 0.15) is 17.3 Å². The molecule has 0 aliphatic rings. The van der Waals surface area contributed by atoms with Gasteiger partial charge in [0.2, 0.25) is 0 Å². The number of nitrogens with two attached hydrogens (primary N) is 2. The van der Waals surface area contributed by atoms with E-state index in [2.05, 4.69) is 0 Å². The van der Waals surface area contributed by atoms with Gasteiger partial charge < -0.3 is 16.2 Å². The average molecular weight is 232 g/mol. The third-order valence-corrected chi connectivity index (χ3v) is 2.50. The molecular weight excluding hydrogens is 220 g/mol. The SMILES string of the molecule is NCCOc1ccc(N)cc1S(=O)(=O)O. The average Bonchev–Trinajstić information content (AvgIpc) is 2.14. The van der Waals surface area contributed by atoms with E-state index in [-0.39, 0.29) is 29.5 Å². The number of benzene rings is 1. The van der Waals surface area contributed by atoms with Gasteiger partial charge in [0.25, 0.3) is 10.1 Å². The summed E-state index contributed by atoms with van der Waals surface area (Å²) < 4.78 is 35.9. The Labute approximate surface area is 87.6 Å². The second-order valence-corrected chi connectivity index (χ2v) is 4.21. The first-order valence-electron chi connectivity index (χ1n) is 4.15. The highest BCUT2D eigenvalue weighted by atomic mass is 32.2. The van der Waals surface area contributed by atoms with Gasteiger partial charge in [0.05, 0.1) is 0 Å². The molecule has 0 unspecified atom stereocenters. The molecule has 0 atom stereocenters. The molecule has 0 heterocycles. The zero-order chi connectivity index (χ0) is 11.5. The van der Waals surface area contributed by atoms with Gasteiger partial charge in [-0.1, -0.05) is 0 Å². The molecule has 84 valence electrons. The van der Waals surface area contributed by atoms with Crippen LogP contribution in [0.2, 0.25) is 0 Å². The summed E-state index contributed by atoms with van der Waals surface area (Å²) in [7, 11) is -4.33. The second kappa shape index (κ2) is 4.47. The fourth-order valence-corrected chi connectivity index (χ4v) is 1.68. The Balaban J connectivity index is 3.15. The van der Waals surface area contributed by atoms with Crippen molar-refractivity contribution in [2.45, 2.75) is 4.90 Å². The highest BCUT2D eigenvalue weighted by Crippen LogP contribution is 2.25. The summed E-state index contributed by atoms with van der Waals surface area (Å²) in [5, 5.41) is 0. The summed E-state index contributed by atoms with van der Waals surface area (Å²) >= 11 is 0. The topological polar surface area (TPSA) is 116 Å².